The zero-order valence-corrected chi connectivity index (χ0v) is 16.2. The maximum atomic E-state index is 13.1. The average molecular weight is 393 g/mol. The summed E-state index contributed by atoms with van der Waals surface area (Å²) in [6.45, 7) is 2.91. The van der Waals surface area contributed by atoms with Crippen molar-refractivity contribution in [3.8, 4) is 11.8 Å². The Kier molecular flexibility index (Phi) is 4.97. The van der Waals surface area contributed by atoms with Gasteiger partial charge in [0.05, 0.1) is 11.6 Å². The Bertz CT molecular complexity index is 1020. The number of aromatic amines is 1. The summed E-state index contributed by atoms with van der Waals surface area (Å²) in [5, 5.41) is 21.8. The van der Waals surface area contributed by atoms with Crippen molar-refractivity contribution in [3.63, 3.8) is 0 Å². The van der Waals surface area contributed by atoms with Crippen LogP contribution in [-0.4, -0.2) is 33.6 Å². The number of rotatable bonds is 3. The number of nitrogens with zero attached hydrogens (tertiary/aromatic N) is 3. The Morgan fingerprint density at radius 1 is 1.28 bits per heavy atom. The predicted molar refractivity (Wildman–Crippen MR) is 108 cm³/mol. The quantitative estimate of drug-likeness (QED) is 0.736. The van der Waals surface area contributed by atoms with Crippen LogP contribution in [0.15, 0.2) is 29.1 Å². The Hall–Kier alpha value is -3.34. The lowest BCUT2D eigenvalue weighted by molar-refractivity contribution is -0.119. The predicted octanol–water partition coefficient (Wildman–Crippen LogP) is 2.47. The minimum absolute atomic E-state index is 0.0702. The van der Waals surface area contributed by atoms with Crippen molar-refractivity contribution in [2.75, 3.05) is 16.8 Å². The number of carbonyl (C=O) groups is 1. The van der Waals surface area contributed by atoms with E-state index in [1.54, 1.807) is 12.1 Å². The number of aromatic hydroxyl groups is 1. The molecule has 8 nitrogen and oxygen atoms in total. The van der Waals surface area contributed by atoms with Gasteiger partial charge in [-0.05, 0) is 43.4 Å². The number of hydrogen-bond donors (Lipinski definition) is 3. The monoisotopic (exact) mass is 393 g/mol. The number of piperidine rings is 1. The third kappa shape index (κ3) is 3.33. The van der Waals surface area contributed by atoms with Crippen LogP contribution in [0.3, 0.4) is 0 Å². The van der Waals surface area contributed by atoms with Crippen LogP contribution >= 0.6 is 0 Å². The summed E-state index contributed by atoms with van der Waals surface area (Å²) >= 11 is 0. The molecule has 3 atom stereocenters. The molecule has 150 valence electrons. The molecule has 2 aromatic rings. The van der Waals surface area contributed by atoms with Crippen molar-refractivity contribution in [2.24, 2.45) is 5.92 Å². The maximum Gasteiger partial charge on any atom is 0.258 e. The molecule has 2 aliphatic heterocycles. The summed E-state index contributed by atoms with van der Waals surface area (Å²) in [5.41, 5.74) is 0.523. The molecule has 0 radical (unpaired) electrons. The normalized spacial score (nSPS) is 23.8. The molecule has 4 rings (SSSR count). The molecule has 3 N–H and O–H groups in total. The van der Waals surface area contributed by atoms with Crippen molar-refractivity contribution in [1.82, 2.24) is 9.97 Å². The van der Waals surface area contributed by atoms with E-state index >= 15 is 0 Å². The molecule has 29 heavy (non-hydrogen) atoms. The van der Waals surface area contributed by atoms with Crippen molar-refractivity contribution in [1.29, 1.82) is 5.26 Å². The van der Waals surface area contributed by atoms with E-state index in [4.69, 9.17) is 0 Å². The highest BCUT2D eigenvalue weighted by Crippen LogP contribution is 2.39. The summed E-state index contributed by atoms with van der Waals surface area (Å²) in [5.74, 6) is -1.55. The van der Waals surface area contributed by atoms with E-state index in [0.29, 0.717) is 17.6 Å². The fourth-order valence-electron chi connectivity index (χ4n) is 4.38. The van der Waals surface area contributed by atoms with Crippen LogP contribution in [0.25, 0.3) is 0 Å². The second-order valence-electron chi connectivity index (χ2n) is 7.57. The number of benzene rings is 1. The smallest absolute Gasteiger partial charge is 0.258 e. The number of carbonyl (C=O) groups excluding carboxylic acids is 1. The highest BCUT2D eigenvalue weighted by molar-refractivity contribution is 5.98. The Morgan fingerprint density at radius 3 is 2.72 bits per heavy atom. The molecular weight excluding hydrogens is 370 g/mol. The first-order chi connectivity index (χ1) is 14.0. The van der Waals surface area contributed by atoms with Gasteiger partial charge in [-0.3, -0.25) is 14.6 Å². The number of phenols is 1. The molecule has 3 unspecified atom stereocenters. The van der Waals surface area contributed by atoms with Gasteiger partial charge >= 0.3 is 0 Å². The summed E-state index contributed by atoms with van der Waals surface area (Å²) in [6.07, 6.45) is 4.15. The number of amides is 1. The fraction of sp³-hybridized carbons (Fsp3) is 0.429. The van der Waals surface area contributed by atoms with E-state index in [0.717, 1.165) is 32.2 Å². The molecule has 0 bridgehead atoms. The molecule has 2 aliphatic rings. The molecule has 1 fully saturated rings. The number of nitriles is 1. The number of phenolic OH excluding ortho intramolecular Hbond substituents is 1. The van der Waals surface area contributed by atoms with Crippen molar-refractivity contribution in [2.45, 2.75) is 44.6 Å². The molecule has 1 saturated heterocycles. The second kappa shape index (κ2) is 7.59. The molecule has 3 heterocycles. The SMILES string of the molecule is CCC1CCCCN1c1nc2c(c(=O)[nH]1)C(c1ccc(O)cc1)C(C#N)C(=O)N2. The summed E-state index contributed by atoms with van der Waals surface area (Å²) < 4.78 is 0. The lowest BCUT2D eigenvalue weighted by atomic mass is 9.79. The highest BCUT2D eigenvalue weighted by atomic mass is 16.3. The first-order valence-corrected chi connectivity index (χ1v) is 9.93. The number of H-pyrrole nitrogens is 1. The van der Waals surface area contributed by atoms with E-state index in [1.165, 1.54) is 12.1 Å². The van der Waals surface area contributed by atoms with E-state index in [9.17, 15) is 20.0 Å². The van der Waals surface area contributed by atoms with Crippen LogP contribution in [0, 0.1) is 17.2 Å². The van der Waals surface area contributed by atoms with Gasteiger partial charge in [0.2, 0.25) is 11.9 Å². The molecule has 0 spiro atoms. The maximum absolute atomic E-state index is 13.1. The Balaban J connectivity index is 1.83. The van der Waals surface area contributed by atoms with Gasteiger partial charge in [0.15, 0.2) is 0 Å². The van der Waals surface area contributed by atoms with E-state index in [1.807, 2.05) is 6.07 Å². The number of nitrogens with one attached hydrogen (secondary N) is 2. The lowest BCUT2D eigenvalue weighted by Crippen LogP contribution is -2.43. The molecular formula is C21H23N5O3. The highest BCUT2D eigenvalue weighted by Gasteiger charge is 2.40. The van der Waals surface area contributed by atoms with Gasteiger partial charge in [0, 0.05) is 18.5 Å². The van der Waals surface area contributed by atoms with Gasteiger partial charge in [0.25, 0.3) is 5.56 Å². The molecule has 1 aromatic carbocycles. The minimum atomic E-state index is -1.06. The zero-order chi connectivity index (χ0) is 20.5. The Morgan fingerprint density at radius 2 is 2.03 bits per heavy atom. The van der Waals surface area contributed by atoms with E-state index in [-0.39, 0.29) is 22.7 Å². The van der Waals surface area contributed by atoms with Crippen LogP contribution in [0.5, 0.6) is 5.75 Å². The average Bonchev–Trinajstić information content (AvgIpc) is 2.73. The van der Waals surface area contributed by atoms with E-state index in [2.05, 4.69) is 27.1 Å². The third-order valence-electron chi connectivity index (χ3n) is 5.87. The van der Waals surface area contributed by atoms with Crippen LogP contribution in [0.2, 0.25) is 0 Å². The summed E-state index contributed by atoms with van der Waals surface area (Å²) in [4.78, 5) is 35.3. The molecule has 0 aliphatic carbocycles. The van der Waals surface area contributed by atoms with Crippen LogP contribution < -0.4 is 15.8 Å². The second-order valence-corrected chi connectivity index (χ2v) is 7.57. The van der Waals surface area contributed by atoms with Gasteiger partial charge < -0.3 is 15.3 Å². The first kappa shape index (κ1) is 19.0. The summed E-state index contributed by atoms with van der Waals surface area (Å²) in [6, 6.07) is 8.51. The minimum Gasteiger partial charge on any atom is -0.508 e. The molecule has 1 amide bonds. The fourth-order valence-corrected chi connectivity index (χ4v) is 4.38. The van der Waals surface area contributed by atoms with Gasteiger partial charge in [-0.25, -0.2) is 0 Å². The molecule has 0 saturated carbocycles. The topological polar surface area (TPSA) is 122 Å². The van der Waals surface area contributed by atoms with Crippen LogP contribution in [0.1, 0.15) is 49.7 Å². The number of aromatic nitrogens is 2. The molecule has 1 aromatic heterocycles. The third-order valence-corrected chi connectivity index (χ3v) is 5.87. The van der Waals surface area contributed by atoms with Gasteiger partial charge in [-0.2, -0.15) is 10.2 Å². The van der Waals surface area contributed by atoms with Crippen LogP contribution in [-0.2, 0) is 4.79 Å². The summed E-state index contributed by atoms with van der Waals surface area (Å²) in [7, 11) is 0. The number of hydrogen-bond acceptors (Lipinski definition) is 6. The number of anilines is 2. The Labute approximate surface area is 168 Å². The lowest BCUT2D eigenvalue weighted by Gasteiger charge is -2.36. The number of fused-ring (bicyclic) bond motifs is 1. The van der Waals surface area contributed by atoms with Gasteiger partial charge in [-0.1, -0.05) is 19.1 Å². The largest absolute Gasteiger partial charge is 0.508 e. The van der Waals surface area contributed by atoms with Crippen molar-refractivity contribution < 1.29 is 9.90 Å². The van der Waals surface area contributed by atoms with Crippen molar-refractivity contribution >= 4 is 17.7 Å². The van der Waals surface area contributed by atoms with E-state index < -0.39 is 17.7 Å². The van der Waals surface area contributed by atoms with Gasteiger partial charge in [0.1, 0.15) is 17.5 Å². The zero-order valence-electron chi connectivity index (χ0n) is 16.2. The first-order valence-electron chi connectivity index (χ1n) is 9.93. The van der Waals surface area contributed by atoms with Crippen LogP contribution in [0.4, 0.5) is 11.8 Å². The standard InChI is InChI=1S/C21H23N5O3/c1-2-13-5-3-4-10-26(13)21-24-18-17(20(29)25-21)16(15(11-22)19(28)23-18)12-6-8-14(27)9-7-12/h6-9,13,15-16,27H,2-5,10H2,1H3,(H2,23,24,25,28,29). The van der Waals surface area contributed by atoms with Crippen molar-refractivity contribution in [3.05, 3.63) is 45.7 Å². The van der Waals surface area contributed by atoms with Gasteiger partial charge in [-0.15, -0.1) is 0 Å². The molecule has 8 heteroatoms.